The molecule has 0 heterocycles. The van der Waals surface area contributed by atoms with Crippen LogP contribution in [-0.4, -0.2) is 37.2 Å². The molecule has 0 aliphatic heterocycles. The van der Waals surface area contributed by atoms with E-state index < -0.39 is 6.10 Å². The van der Waals surface area contributed by atoms with Gasteiger partial charge in [0, 0.05) is 19.3 Å². The zero-order valence-electron chi connectivity index (χ0n) is 38.9. The Hall–Kier alpha value is -3.41. The van der Waals surface area contributed by atoms with Gasteiger partial charge in [-0.1, -0.05) is 183 Å². The Balaban J connectivity index is 4.48. The van der Waals surface area contributed by atoms with Gasteiger partial charge in [0.1, 0.15) is 13.2 Å². The lowest BCUT2D eigenvalue weighted by Gasteiger charge is -2.18. The molecule has 0 radical (unpaired) electrons. The maximum absolute atomic E-state index is 12.8. The summed E-state index contributed by atoms with van der Waals surface area (Å²) >= 11 is 0. The fourth-order valence-electron chi connectivity index (χ4n) is 6.48. The summed E-state index contributed by atoms with van der Waals surface area (Å²) in [4.78, 5) is 37.9. The van der Waals surface area contributed by atoms with Gasteiger partial charge in [-0.25, -0.2) is 0 Å². The van der Waals surface area contributed by atoms with E-state index in [-0.39, 0.29) is 31.1 Å². The van der Waals surface area contributed by atoms with Crippen LogP contribution in [0.1, 0.15) is 220 Å². The molecule has 60 heavy (non-hydrogen) atoms. The molecule has 0 aromatic carbocycles. The highest BCUT2D eigenvalue weighted by Crippen LogP contribution is 2.13. The Morgan fingerprint density at radius 2 is 0.700 bits per heavy atom. The molecular weight excluding hydrogens is 745 g/mol. The summed E-state index contributed by atoms with van der Waals surface area (Å²) in [5, 5.41) is 0. The van der Waals surface area contributed by atoms with Crippen LogP contribution in [0.5, 0.6) is 0 Å². The van der Waals surface area contributed by atoms with Crippen molar-refractivity contribution in [3.05, 3.63) is 85.1 Å². The van der Waals surface area contributed by atoms with Crippen molar-refractivity contribution in [2.45, 2.75) is 226 Å². The molecule has 0 saturated heterocycles. The molecule has 0 aromatic rings. The quantitative estimate of drug-likeness (QED) is 0.0200. The van der Waals surface area contributed by atoms with E-state index in [1.807, 2.05) is 0 Å². The van der Waals surface area contributed by atoms with Gasteiger partial charge in [-0.05, 0) is 103 Å². The number of ether oxygens (including phenoxy) is 3. The van der Waals surface area contributed by atoms with Crippen molar-refractivity contribution in [2.24, 2.45) is 0 Å². The zero-order chi connectivity index (χ0) is 43.7. The minimum absolute atomic E-state index is 0.107. The zero-order valence-corrected chi connectivity index (χ0v) is 38.9. The molecule has 0 aliphatic rings. The molecule has 342 valence electrons. The highest BCUT2D eigenvalue weighted by Gasteiger charge is 2.19. The van der Waals surface area contributed by atoms with Gasteiger partial charge in [0.25, 0.3) is 0 Å². The Morgan fingerprint density at radius 1 is 0.367 bits per heavy atom. The van der Waals surface area contributed by atoms with Gasteiger partial charge in [-0.15, -0.1) is 0 Å². The van der Waals surface area contributed by atoms with Gasteiger partial charge in [0.15, 0.2) is 6.10 Å². The van der Waals surface area contributed by atoms with Crippen LogP contribution in [0.4, 0.5) is 0 Å². The maximum Gasteiger partial charge on any atom is 0.306 e. The molecule has 1 atom stereocenters. The molecular formula is C54H90O6. The first kappa shape index (κ1) is 56.6. The van der Waals surface area contributed by atoms with Gasteiger partial charge < -0.3 is 14.2 Å². The monoisotopic (exact) mass is 835 g/mol. The lowest BCUT2D eigenvalue weighted by molar-refractivity contribution is -0.167. The van der Waals surface area contributed by atoms with Crippen LogP contribution in [0.3, 0.4) is 0 Å². The van der Waals surface area contributed by atoms with Gasteiger partial charge in [-0.2, -0.15) is 0 Å². The van der Waals surface area contributed by atoms with Crippen LogP contribution in [0.15, 0.2) is 85.1 Å². The summed E-state index contributed by atoms with van der Waals surface area (Å²) in [6.45, 7) is 6.33. The van der Waals surface area contributed by atoms with Crippen LogP contribution in [0.2, 0.25) is 0 Å². The predicted molar refractivity (Wildman–Crippen MR) is 256 cm³/mol. The van der Waals surface area contributed by atoms with E-state index in [9.17, 15) is 14.4 Å². The Bertz CT molecular complexity index is 1190. The van der Waals surface area contributed by atoms with Crippen LogP contribution in [0, 0.1) is 0 Å². The second-order valence-electron chi connectivity index (χ2n) is 16.0. The molecule has 0 saturated carbocycles. The third kappa shape index (κ3) is 45.7. The number of rotatable bonds is 43. The second-order valence-corrected chi connectivity index (χ2v) is 16.0. The average Bonchev–Trinajstić information content (AvgIpc) is 3.24. The van der Waals surface area contributed by atoms with Crippen molar-refractivity contribution in [1.29, 1.82) is 0 Å². The molecule has 0 aromatic heterocycles. The van der Waals surface area contributed by atoms with Crippen molar-refractivity contribution in [3.63, 3.8) is 0 Å². The van der Waals surface area contributed by atoms with E-state index in [4.69, 9.17) is 14.2 Å². The van der Waals surface area contributed by atoms with Gasteiger partial charge in [-0.3, -0.25) is 14.4 Å². The normalized spacial score (nSPS) is 12.8. The summed E-state index contributed by atoms with van der Waals surface area (Å²) in [6, 6.07) is 0. The van der Waals surface area contributed by atoms with Crippen LogP contribution in [-0.2, 0) is 28.6 Å². The van der Waals surface area contributed by atoms with E-state index in [2.05, 4.69) is 106 Å². The molecule has 6 heteroatoms. The first-order chi connectivity index (χ1) is 29.5. The number of hydrogen-bond acceptors (Lipinski definition) is 6. The molecule has 0 bridgehead atoms. The van der Waals surface area contributed by atoms with Crippen LogP contribution >= 0.6 is 0 Å². The predicted octanol–water partition coefficient (Wildman–Crippen LogP) is 16.0. The van der Waals surface area contributed by atoms with Crippen molar-refractivity contribution in [2.75, 3.05) is 13.2 Å². The van der Waals surface area contributed by atoms with Crippen molar-refractivity contribution in [3.8, 4) is 0 Å². The number of unbranched alkanes of at least 4 members (excludes halogenated alkanes) is 19. The summed E-state index contributed by atoms with van der Waals surface area (Å²) in [7, 11) is 0. The van der Waals surface area contributed by atoms with Gasteiger partial charge in [0.05, 0.1) is 0 Å². The second kappa shape index (κ2) is 48.3. The first-order valence-electron chi connectivity index (χ1n) is 24.6. The first-order valence-corrected chi connectivity index (χ1v) is 24.6. The molecule has 0 rings (SSSR count). The Morgan fingerprint density at radius 3 is 1.17 bits per heavy atom. The fraction of sp³-hybridized carbons (Fsp3) is 0.685. The number of allylic oxidation sites excluding steroid dienone is 14. The lowest BCUT2D eigenvalue weighted by Crippen LogP contribution is -2.30. The standard InChI is InChI=1S/C54H90O6/c1-4-7-10-13-16-19-22-25-27-28-30-32-35-38-41-44-47-53(56)59-50-51(49-58-52(55)46-43-40-37-34-31-24-21-18-15-12-9-6-3)60-54(57)48-45-42-39-36-33-29-26-23-20-17-14-11-8-5-2/h8-9,11-12,17-18,20-21,27-28,30-32,34,51H,4-7,10,13-16,19,22-26,29,33,35-50H2,1-3H3/b11-8-,12-9-,20-17-,21-18-,28-27-,32-30-,34-31-. The third-order valence-corrected chi connectivity index (χ3v) is 10.1. The SMILES string of the molecule is CC/C=C\C/C=C\C/C=C\CCCCC(=O)OCC(COC(=O)CCCCC/C=C\C=C/CCCCCCCCC)OC(=O)CCCCCCCCC/C=C\C/C=C\CC. The average molecular weight is 835 g/mol. The summed E-state index contributed by atoms with van der Waals surface area (Å²) in [6.07, 6.45) is 61.4. The summed E-state index contributed by atoms with van der Waals surface area (Å²) in [5.74, 6) is -0.983. The van der Waals surface area contributed by atoms with Crippen molar-refractivity contribution in [1.82, 2.24) is 0 Å². The molecule has 1 unspecified atom stereocenters. The van der Waals surface area contributed by atoms with E-state index >= 15 is 0 Å². The minimum Gasteiger partial charge on any atom is -0.462 e. The smallest absolute Gasteiger partial charge is 0.306 e. The topological polar surface area (TPSA) is 78.9 Å². The lowest BCUT2D eigenvalue weighted by atomic mass is 10.1. The fourth-order valence-corrected chi connectivity index (χ4v) is 6.48. The van der Waals surface area contributed by atoms with Crippen molar-refractivity contribution < 1.29 is 28.6 Å². The number of carbonyl (C=O) groups is 3. The molecule has 0 aliphatic carbocycles. The summed E-state index contributed by atoms with van der Waals surface area (Å²) in [5.41, 5.74) is 0. The molecule has 0 spiro atoms. The van der Waals surface area contributed by atoms with E-state index in [0.717, 1.165) is 109 Å². The van der Waals surface area contributed by atoms with Crippen molar-refractivity contribution >= 4 is 17.9 Å². The Labute approximate surface area is 369 Å². The number of carbonyl (C=O) groups excluding carboxylic acids is 3. The Kier molecular flexibility index (Phi) is 45.5. The summed E-state index contributed by atoms with van der Waals surface area (Å²) < 4.78 is 16.7. The molecule has 0 fully saturated rings. The highest BCUT2D eigenvalue weighted by atomic mass is 16.6. The molecule has 0 N–H and O–H groups in total. The number of esters is 3. The number of hydrogen-bond donors (Lipinski definition) is 0. The molecule has 0 amide bonds. The van der Waals surface area contributed by atoms with E-state index in [0.29, 0.717) is 19.3 Å². The molecule has 6 nitrogen and oxygen atoms in total. The highest BCUT2D eigenvalue weighted by molar-refractivity contribution is 5.71. The van der Waals surface area contributed by atoms with E-state index in [1.165, 1.54) is 70.6 Å². The van der Waals surface area contributed by atoms with E-state index in [1.54, 1.807) is 0 Å². The van der Waals surface area contributed by atoms with Crippen LogP contribution in [0.25, 0.3) is 0 Å². The third-order valence-electron chi connectivity index (χ3n) is 10.1. The maximum atomic E-state index is 12.8. The van der Waals surface area contributed by atoms with Gasteiger partial charge >= 0.3 is 17.9 Å². The van der Waals surface area contributed by atoms with Crippen LogP contribution < -0.4 is 0 Å². The largest absolute Gasteiger partial charge is 0.462 e. The minimum atomic E-state index is -0.806. The van der Waals surface area contributed by atoms with Gasteiger partial charge in [0.2, 0.25) is 0 Å².